The first-order chi connectivity index (χ1) is 13.5. The third kappa shape index (κ3) is 4.14. The molecule has 0 saturated carbocycles. The highest BCUT2D eigenvalue weighted by atomic mass is 35.5. The summed E-state index contributed by atoms with van der Waals surface area (Å²) in [6.07, 6.45) is 1.27. The van der Waals surface area contributed by atoms with E-state index in [2.05, 4.69) is 15.2 Å². The second kappa shape index (κ2) is 8.06. The molecule has 0 unspecified atom stereocenters. The van der Waals surface area contributed by atoms with Crippen LogP contribution in [0.25, 0.3) is 11.0 Å². The van der Waals surface area contributed by atoms with E-state index in [0.29, 0.717) is 33.9 Å². The van der Waals surface area contributed by atoms with Crippen molar-refractivity contribution in [1.82, 2.24) is 15.2 Å². The predicted molar refractivity (Wildman–Crippen MR) is 110 cm³/mol. The van der Waals surface area contributed by atoms with Crippen molar-refractivity contribution in [2.45, 2.75) is 37.7 Å². The van der Waals surface area contributed by atoms with Crippen LogP contribution in [0.15, 0.2) is 42.4 Å². The number of fused-ring (bicyclic) bond motifs is 1. The van der Waals surface area contributed by atoms with Crippen molar-refractivity contribution in [2.24, 2.45) is 0 Å². The Morgan fingerprint density at radius 2 is 2.04 bits per heavy atom. The summed E-state index contributed by atoms with van der Waals surface area (Å²) >= 11 is 9.30. The average molecular weight is 434 g/mol. The molecule has 0 atom stereocenters. The normalized spacial score (nSPS) is 11.4. The fourth-order valence-corrected chi connectivity index (χ4v) is 4.51. The third-order valence-electron chi connectivity index (χ3n) is 4.18. The number of benzene rings is 1. The molecule has 0 aliphatic rings. The molecular weight excluding hydrogens is 418 g/mol. The first-order valence-corrected chi connectivity index (χ1v) is 10.9. The molecule has 0 fully saturated rings. The highest BCUT2D eigenvalue weighted by Gasteiger charge is 2.13. The topological polar surface area (TPSA) is 82.0 Å². The first-order valence-electron chi connectivity index (χ1n) is 8.63. The Labute approximate surface area is 174 Å². The molecule has 0 N–H and O–H groups in total. The fraction of sp³-hybridized carbons (Fsp3) is 0.263. The number of hydrogen-bond donors (Lipinski definition) is 0. The van der Waals surface area contributed by atoms with Crippen LogP contribution < -0.4 is 5.63 Å². The van der Waals surface area contributed by atoms with Crippen LogP contribution in [0.2, 0.25) is 5.02 Å². The smallest absolute Gasteiger partial charge is 0.336 e. The first kappa shape index (κ1) is 19.2. The van der Waals surface area contributed by atoms with Crippen LogP contribution >= 0.6 is 34.7 Å². The summed E-state index contributed by atoms with van der Waals surface area (Å²) in [5, 5.41) is 13.1. The second-order valence-electron chi connectivity index (χ2n) is 6.17. The molecule has 0 radical (unpaired) electrons. The van der Waals surface area contributed by atoms with Gasteiger partial charge in [0.05, 0.1) is 17.1 Å². The number of nitrogens with zero attached hydrogens (tertiary/aromatic N) is 3. The van der Waals surface area contributed by atoms with Crippen molar-refractivity contribution in [3.63, 3.8) is 0 Å². The predicted octanol–water partition coefficient (Wildman–Crippen LogP) is 5.04. The van der Waals surface area contributed by atoms with E-state index in [9.17, 15) is 4.79 Å². The summed E-state index contributed by atoms with van der Waals surface area (Å²) in [5.41, 5.74) is 2.82. The van der Waals surface area contributed by atoms with Gasteiger partial charge in [0, 0.05) is 27.6 Å². The SMILES string of the molecule is CCc1cc2oc(=O)cc(CSc3nnc(Cc4csc(C)n4)o3)c2cc1Cl. The van der Waals surface area contributed by atoms with Crippen LogP contribution in [0.5, 0.6) is 0 Å². The van der Waals surface area contributed by atoms with Gasteiger partial charge in [0.25, 0.3) is 5.22 Å². The zero-order valence-corrected chi connectivity index (χ0v) is 17.6. The van der Waals surface area contributed by atoms with E-state index in [1.807, 2.05) is 31.4 Å². The maximum atomic E-state index is 11.9. The highest BCUT2D eigenvalue weighted by Crippen LogP contribution is 2.30. The summed E-state index contributed by atoms with van der Waals surface area (Å²) in [6.45, 7) is 3.96. The fourth-order valence-electron chi connectivity index (χ4n) is 2.83. The number of aromatic nitrogens is 3. The Morgan fingerprint density at radius 1 is 1.18 bits per heavy atom. The molecule has 144 valence electrons. The maximum Gasteiger partial charge on any atom is 0.336 e. The highest BCUT2D eigenvalue weighted by molar-refractivity contribution is 7.98. The molecule has 0 aliphatic heterocycles. The largest absolute Gasteiger partial charge is 0.423 e. The summed E-state index contributed by atoms with van der Waals surface area (Å²) in [7, 11) is 0. The van der Waals surface area contributed by atoms with Gasteiger partial charge in [-0.25, -0.2) is 9.78 Å². The summed E-state index contributed by atoms with van der Waals surface area (Å²) < 4.78 is 11.0. The van der Waals surface area contributed by atoms with Crippen molar-refractivity contribution in [3.8, 4) is 0 Å². The summed E-state index contributed by atoms with van der Waals surface area (Å²) in [5.74, 6) is 1.00. The molecule has 0 saturated heterocycles. The molecule has 0 bridgehead atoms. The van der Waals surface area contributed by atoms with Crippen LogP contribution in [-0.4, -0.2) is 15.2 Å². The van der Waals surface area contributed by atoms with E-state index in [-0.39, 0.29) is 0 Å². The number of aryl methyl sites for hydroxylation is 2. The molecule has 0 spiro atoms. The molecule has 3 aromatic heterocycles. The third-order valence-corrected chi connectivity index (χ3v) is 6.22. The lowest BCUT2D eigenvalue weighted by Gasteiger charge is -2.07. The monoisotopic (exact) mass is 433 g/mol. The summed E-state index contributed by atoms with van der Waals surface area (Å²) in [4.78, 5) is 16.3. The van der Waals surface area contributed by atoms with E-state index in [1.165, 1.54) is 17.8 Å². The quantitative estimate of drug-likeness (QED) is 0.311. The van der Waals surface area contributed by atoms with Gasteiger partial charge in [-0.05, 0) is 36.6 Å². The molecule has 1 aromatic carbocycles. The molecule has 28 heavy (non-hydrogen) atoms. The van der Waals surface area contributed by atoms with Gasteiger partial charge in [-0.2, -0.15) is 0 Å². The minimum absolute atomic E-state index is 0.391. The standard InChI is InChI=1S/C19H16ClN3O3S2/c1-3-11-4-16-14(7-15(11)20)12(5-18(24)25-16)8-28-19-23-22-17(26-19)6-13-9-27-10(2)21-13/h4-5,7,9H,3,6,8H2,1-2H3. The van der Waals surface area contributed by atoms with Crippen molar-refractivity contribution in [2.75, 3.05) is 0 Å². The zero-order valence-electron chi connectivity index (χ0n) is 15.2. The van der Waals surface area contributed by atoms with E-state index >= 15 is 0 Å². The molecule has 9 heteroatoms. The number of thioether (sulfide) groups is 1. The van der Waals surface area contributed by atoms with E-state index in [4.69, 9.17) is 20.4 Å². The van der Waals surface area contributed by atoms with Crippen LogP contribution in [0.1, 0.15) is 34.6 Å². The zero-order chi connectivity index (χ0) is 19.7. The molecule has 3 heterocycles. The maximum absolute atomic E-state index is 11.9. The van der Waals surface area contributed by atoms with Gasteiger partial charge in [0.15, 0.2) is 0 Å². The molecule has 0 aliphatic carbocycles. The molecule has 4 aromatic rings. The minimum Gasteiger partial charge on any atom is -0.423 e. The van der Waals surface area contributed by atoms with E-state index in [1.54, 1.807) is 11.3 Å². The Hall–Kier alpha value is -2.16. The minimum atomic E-state index is -0.391. The Balaban J connectivity index is 1.54. The Morgan fingerprint density at radius 3 is 2.79 bits per heavy atom. The van der Waals surface area contributed by atoms with Crippen molar-refractivity contribution >= 4 is 45.7 Å². The molecule has 0 amide bonds. The lowest BCUT2D eigenvalue weighted by molar-refractivity contribution is 0.419. The van der Waals surface area contributed by atoms with Crippen LogP contribution in [-0.2, 0) is 18.6 Å². The number of rotatable bonds is 6. The number of hydrogen-bond acceptors (Lipinski definition) is 8. The van der Waals surface area contributed by atoms with E-state index in [0.717, 1.165) is 33.6 Å². The van der Waals surface area contributed by atoms with Crippen molar-refractivity contribution < 1.29 is 8.83 Å². The van der Waals surface area contributed by atoms with Gasteiger partial charge < -0.3 is 8.83 Å². The Bertz CT molecular complexity index is 1200. The number of thiazole rings is 1. The van der Waals surface area contributed by atoms with Gasteiger partial charge in [-0.15, -0.1) is 21.5 Å². The van der Waals surface area contributed by atoms with Crippen molar-refractivity contribution in [1.29, 1.82) is 0 Å². The van der Waals surface area contributed by atoms with Crippen LogP contribution in [0, 0.1) is 6.92 Å². The molecular formula is C19H16ClN3O3S2. The van der Waals surface area contributed by atoms with Crippen LogP contribution in [0.3, 0.4) is 0 Å². The lowest BCUT2D eigenvalue weighted by atomic mass is 10.1. The number of halogens is 1. The second-order valence-corrected chi connectivity index (χ2v) is 8.57. The summed E-state index contributed by atoms with van der Waals surface area (Å²) in [6, 6.07) is 5.15. The Kier molecular flexibility index (Phi) is 5.52. The molecule has 4 rings (SSSR count). The van der Waals surface area contributed by atoms with E-state index < -0.39 is 5.63 Å². The van der Waals surface area contributed by atoms with Crippen molar-refractivity contribution in [3.05, 3.63) is 66.7 Å². The van der Waals surface area contributed by atoms with Gasteiger partial charge >= 0.3 is 5.63 Å². The molecule has 6 nitrogen and oxygen atoms in total. The van der Waals surface area contributed by atoms with Gasteiger partial charge in [0.1, 0.15) is 5.58 Å². The lowest BCUT2D eigenvalue weighted by Crippen LogP contribution is -2.00. The van der Waals surface area contributed by atoms with Gasteiger partial charge in [-0.1, -0.05) is 30.3 Å². The van der Waals surface area contributed by atoms with Crippen LogP contribution in [0.4, 0.5) is 0 Å². The average Bonchev–Trinajstić information content (AvgIpc) is 3.28. The van der Waals surface area contributed by atoms with Gasteiger partial charge in [0.2, 0.25) is 5.89 Å². The van der Waals surface area contributed by atoms with Gasteiger partial charge in [-0.3, -0.25) is 0 Å².